The van der Waals surface area contributed by atoms with Crippen LogP contribution in [0.2, 0.25) is 0 Å². The van der Waals surface area contributed by atoms with E-state index in [-0.39, 0.29) is 34.8 Å². The van der Waals surface area contributed by atoms with Gasteiger partial charge in [0.25, 0.3) is 0 Å². The molecule has 1 heterocycles. The van der Waals surface area contributed by atoms with Crippen LogP contribution in [0.25, 0.3) is 0 Å². The molecule has 0 radical (unpaired) electrons. The van der Waals surface area contributed by atoms with Gasteiger partial charge in [0.1, 0.15) is 5.75 Å². The predicted molar refractivity (Wildman–Crippen MR) is 61.4 cm³/mol. The van der Waals surface area contributed by atoms with Crippen LogP contribution in [0.1, 0.15) is 13.8 Å². The second-order valence-corrected chi connectivity index (χ2v) is 5.31. The number of phenols is 1. The van der Waals surface area contributed by atoms with Gasteiger partial charge in [0.05, 0.1) is 17.5 Å². The molecule has 4 nitrogen and oxygen atoms in total. The summed E-state index contributed by atoms with van der Waals surface area (Å²) in [7, 11) is 0. The van der Waals surface area contributed by atoms with Gasteiger partial charge in [-0.2, -0.15) is 0 Å². The van der Waals surface area contributed by atoms with E-state index < -0.39 is 0 Å². The number of nitrogens with zero attached hydrogens (tertiary/aromatic N) is 1. The third-order valence-corrected chi connectivity index (χ3v) is 3.89. The highest BCUT2D eigenvalue weighted by molar-refractivity contribution is 6.25. The first-order chi connectivity index (χ1) is 7.94. The van der Waals surface area contributed by atoms with Crippen molar-refractivity contribution in [3.8, 4) is 5.75 Å². The normalized spacial score (nSPS) is 29.4. The van der Waals surface area contributed by atoms with Gasteiger partial charge in [-0.25, -0.2) is 4.90 Å². The van der Waals surface area contributed by atoms with E-state index in [1.165, 1.54) is 17.0 Å². The molecule has 1 aromatic rings. The van der Waals surface area contributed by atoms with E-state index in [0.717, 1.165) is 0 Å². The van der Waals surface area contributed by atoms with E-state index in [2.05, 4.69) is 0 Å². The number of aromatic hydroxyl groups is 1. The Morgan fingerprint density at radius 3 is 2.29 bits per heavy atom. The maximum atomic E-state index is 12.1. The van der Waals surface area contributed by atoms with E-state index in [9.17, 15) is 14.7 Å². The summed E-state index contributed by atoms with van der Waals surface area (Å²) in [4.78, 5) is 25.4. The number of carbonyl (C=O) groups excluding carboxylic acids is 2. The van der Waals surface area contributed by atoms with Gasteiger partial charge >= 0.3 is 0 Å². The summed E-state index contributed by atoms with van der Waals surface area (Å²) in [6.07, 6.45) is 0. The van der Waals surface area contributed by atoms with Gasteiger partial charge in [0, 0.05) is 6.07 Å². The lowest BCUT2D eigenvalue weighted by Crippen LogP contribution is -2.36. The second-order valence-electron chi connectivity index (χ2n) is 5.31. The molecule has 4 heteroatoms. The summed E-state index contributed by atoms with van der Waals surface area (Å²) in [5.74, 6) is -0.594. The molecule has 1 saturated carbocycles. The van der Waals surface area contributed by atoms with Crippen LogP contribution in [0.4, 0.5) is 5.69 Å². The van der Waals surface area contributed by atoms with E-state index in [4.69, 9.17) is 0 Å². The molecule has 0 aromatic heterocycles. The molecule has 2 aliphatic rings. The van der Waals surface area contributed by atoms with E-state index in [1.807, 2.05) is 13.8 Å². The van der Waals surface area contributed by atoms with Gasteiger partial charge in [0.15, 0.2) is 0 Å². The Balaban J connectivity index is 1.98. The molecule has 2 fully saturated rings. The minimum atomic E-state index is -0.193. The van der Waals surface area contributed by atoms with E-state index in [0.29, 0.717) is 5.69 Å². The highest BCUT2D eigenvalue weighted by Gasteiger charge is 2.72. The van der Waals surface area contributed by atoms with Crippen LogP contribution in [-0.2, 0) is 9.59 Å². The van der Waals surface area contributed by atoms with Crippen LogP contribution < -0.4 is 4.90 Å². The summed E-state index contributed by atoms with van der Waals surface area (Å²) in [6.45, 7) is 3.88. The van der Waals surface area contributed by atoms with Gasteiger partial charge < -0.3 is 5.11 Å². The van der Waals surface area contributed by atoms with E-state index >= 15 is 0 Å². The van der Waals surface area contributed by atoms with Crippen molar-refractivity contribution >= 4 is 17.5 Å². The van der Waals surface area contributed by atoms with Crippen molar-refractivity contribution in [3.05, 3.63) is 24.3 Å². The molecule has 1 aromatic carbocycles. The first-order valence-electron chi connectivity index (χ1n) is 5.61. The van der Waals surface area contributed by atoms with Gasteiger partial charge in [-0.1, -0.05) is 19.9 Å². The van der Waals surface area contributed by atoms with Crippen molar-refractivity contribution in [3.63, 3.8) is 0 Å². The molecule has 2 unspecified atom stereocenters. The highest BCUT2D eigenvalue weighted by atomic mass is 16.3. The zero-order valence-electron chi connectivity index (χ0n) is 9.68. The number of hydrogen-bond acceptors (Lipinski definition) is 3. The second kappa shape index (κ2) is 2.88. The Hall–Kier alpha value is -1.84. The smallest absolute Gasteiger partial charge is 0.238 e. The first-order valence-corrected chi connectivity index (χ1v) is 5.61. The quantitative estimate of drug-likeness (QED) is 0.746. The fourth-order valence-electron chi connectivity index (χ4n) is 2.83. The third-order valence-electron chi connectivity index (χ3n) is 3.89. The number of amides is 2. The van der Waals surface area contributed by atoms with Crippen LogP contribution in [0.5, 0.6) is 5.75 Å². The van der Waals surface area contributed by atoms with Gasteiger partial charge in [-0.05, 0) is 17.5 Å². The Labute approximate surface area is 98.9 Å². The van der Waals surface area contributed by atoms with Gasteiger partial charge in [0.2, 0.25) is 11.8 Å². The third kappa shape index (κ3) is 1.18. The summed E-state index contributed by atoms with van der Waals surface area (Å²) >= 11 is 0. The molecule has 3 rings (SSSR count). The minimum absolute atomic E-state index is 0.0583. The molecule has 1 aliphatic carbocycles. The van der Waals surface area contributed by atoms with Gasteiger partial charge in [-0.3, -0.25) is 9.59 Å². The van der Waals surface area contributed by atoms with Crippen LogP contribution in [0, 0.1) is 17.3 Å². The maximum absolute atomic E-state index is 12.1. The Kier molecular flexibility index (Phi) is 1.75. The number of carbonyl (C=O) groups is 2. The lowest BCUT2D eigenvalue weighted by Gasteiger charge is -2.20. The first kappa shape index (κ1) is 10.3. The molecule has 0 bridgehead atoms. The number of benzene rings is 1. The van der Waals surface area contributed by atoms with Crippen molar-refractivity contribution in [2.45, 2.75) is 13.8 Å². The van der Waals surface area contributed by atoms with Crippen molar-refractivity contribution in [1.29, 1.82) is 0 Å². The summed E-state index contributed by atoms with van der Waals surface area (Å²) < 4.78 is 0. The zero-order valence-corrected chi connectivity index (χ0v) is 9.68. The summed E-state index contributed by atoms with van der Waals surface area (Å²) in [6, 6.07) is 6.24. The zero-order chi connectivity index (χ0) is 12.4. The number of imide groups is 1. The lowest BCUT2D eigenvalue weighted by atomic mass is 10.1. The molecular weight excluding hydrogens is 218 g/mol. The Bertz CT molecular complexity index is 511. The predicted octanol–water partition coefficient (Wildman–Crippen LogP) is 1.54. The minimum Gasteiger partial charge on any atom is -0.508 e. The molecule has 1 aliphatic heterocycles. The lowest BCUT2D eigenvalue weighted by molar-refractivity contribution is -0.125. The van der Waals surface area contributed by atoms with Crippen LogP contribution in [0.3, 0.4) is 0 Å². The standard InChI is InChI=1S/C13H13NO3/c1-13(2)9-10(13)12(17)14(11(9)16)7-4-3-5-8(15)6-7/h3-6,9-10,15H,1-2H3. The summed E-state index contributed by atoms with van der Waals surface area (Å²) in [5.41, 5.74) is 0.268. The average Bonchev–Trinajstić information content (AvgIpc) is 2.68. The fraction of sp³-hybridized carbons (Fsp3) is 0.385. The molecule has 17 heavy (non-hydrogen) atoms. The van der Waals surface area contributed by atoms with Crippen LogP contribution in [0.15, 0.2) is 24.3 Å². The highest BCUT2D eigenvalue weighted by Crippen LogP contribution is 2.63. The number of phenolic OH excluding ortho intramolecular Hbond substituents is 1. The Morgan fingerprint density at radius 2 is 1.76 bits per heavy atom. The summed E-state index contributed by atoms with van der Waals surface area (Å²) in [5, 5.41) is 9.38. The number of hydrogen-bond donors (Lipinski definition) is 1. The monoisotopic (exact) mass is 231 g/mol. The van der Waals surface area contributed by atoms with E-state index in [1.54, 1.807) is 12.1 Å². The maximum Gasteiger partial charge on any atom is 0.238 e. The topological polar surface area (TPSA) is 57.6 Å². The molecular formula is C13H13NO3. The van der Waals surface area contributed by atoms with Crippen LogP contribution in [-0.4, -0.2) is 16.9 Å². The van der Waals surface area contributed by atoms with Crippen molar-refractivity contribution in [2.24, 2.45) is 17.3 Å². The Morgan fingerprint density at radius 1 is 1.18 bits per heavy atom. The molecule has 88 valence electrons. The molecule has 2 amide bonds. The van der Waals surface area contributed by atoms with Crippen molar-refractivity contribution in [1.82, 2.24) is 0 Å². The number of fused-ring (bicyclic) bond motifs is 1. The van der Waals surface area contributed by atoms with Crippen LogP contribution >= 0.6 is 0 Å². The van der Waals surface area contributed by atoms with Crippen molar-refractivity contribution < 1.29 is 14.7 Å². The molecule has 2 atom stereocenters. The number of piperidine rings is 1. The van der Waals surface area contributed by atoms with Crippen molar-refractivity contribution in [2.75, 3.05) is 4.90 Å². The number of rotatable bonds is 1. The largest absolute Gasteiger partial charge is 0.508 e. The average molecular weight is 231 g/mol. The fourth-order valence-corrected chi connectivity index (χ4v) is 2.83. The van der Waals surface area contributed by atoms with Gasteiger partial charge in [-0.15, -0.1) is 0 Å². The SMILES string of the molecule is CC1(C)C2C(=O)N(c3cccc(O)c3)C(=O)C21. The number of anilines is 1. The molecule has 1 N–H and O–H groups in total. The molecule has 0 spiro atoms. The molecule has 1 saturated heterocycles.